The molecule has 6 nitrogen and oxygen atoms in total. The first-order valence-corrected chi connectivity index (χ1v) is 8.15. The van der Waals surface area contributed by atoms with E-state index >= 15 is 0 Å². The zero-order valence-corrected chi connectivity index (χ0v) is 14.2. The van der Waals surface area contributed by atoms with E-state index in [0.29, 0.717) is 18.0 Å². The van der Waals surface area contributed by atoms with Crippen molar-refractivity contribution < 1.29 is 9.53 Å². The van der Waals surface area contributed by atoms with E-state index in [9.17, 15) is 4.79 Å². The number of ether oxygens (including phenoxy) is 1. The van der Waals surface area contributed by atoms with Crippen molar-refractivity contribution in [2.45, 2.75) is 19.9 Å². The van der Waals surface area contributed by atoms with Crippen molar-refractivity contribution in [3.63, 3.8) is 0 Å². The summed E-state index contributed by atoms with van der Waals surface area (Å²) in [5.74, 6) is 1.33. The Bertz CT molecular complexity index is 829. The van der Waals surface area contributed by atoms with Crippen LogP contribution < -0.4 is 10.1 Å². The van der Waals surface area contributed by atoms with Gasteiger partial charge < -0.3 is 10.1 Å². The van der Waals surface area contributed by atoms with Crippen molar-refractivity contribution in [1.82, 2.24) is 19.9 Å². The first kappa shape index (κ1) is 16.7. The highest BCUT2D eigenvalue weighted by Gasteiger charge is 2.12. The van der Waals surface area contributed by atoms with Crippen LogP contribution in [0.15, 0.2) is 61.3 Å². The Kier molecular flexibility index (Phi) is 5.09. The van der Waals surface area contributed by atoms with Gasteiger partial charge in [-0.3, -0.25) is 9.36 Å². The number of carbonyl (C=O) groups excluding carboxylic acids is 1. The van der Waals surface area contributed by atoms with Gasteiger partial charge in [-0.2, -0.15) is 0 Å². The van der Waals surface area contributed by atoms with Crippen molar-refractivity contribution in [2.24, 2.45) is 0 Å². The minimum atomic E-state index is -0.148. The average Bonchev–Trinajstić information content (AvgIpc) is 3.17. The topological polar surface area (TPSA) is 69.0 Å². The molecule has 1 amide bonds. The number of amides is 1. The Balaban J connectivity index is 1.70. The van der Waals surface area contributed by atoms with Gasteiger partial charge in [-0.25, -0.2) is 9.97 Å². The molecule has 0 bridgehead atoms. The van der Waals surface area contributed by atoms with E-state index in [1.807, 2.05) is 38.1 Å². The van der Waals surface area contributed by atoms with Crippen molar-refractivity contribution >= 4 is 5.91 Å². The molecule has 0 radical (unpaired) electrons. The van der Waals surface area contributed by atoms with Gasteiger partial charge in [0, 0.05) is 24.2 Å². The second kappa shape index (κ2) is 7.61. The molecule has 2 aromatic heterocycles. The van der Waals surface area contributed by atoms with Gasteiger partial charge >= 0.3 is 0 Å². The summed E-state index contributed by atoms with van der Waals surface area (Å²) in [6.07, 6.45) is 6.72. The maximum Gasteiger partial charge on any atom is 0.251 e. The van der Waals surface area contributed by atoms with Crippen LogP contribution in [0.4, 0.5) is 0 Å². The van der Waals surface area contributed by atoms with Gasteiger partial charge in [0.15, 0.2) is 0 Å². The van der Waals surface area contributed by atoms with Crippen LogP contribution in [0.3, 0.4) is 0 Å². The highest BCUT2D eigenvalue weighted by molar-refractivity contribution is 5.94. The van der Waals surface area contributed by atoms with Gasteiger partial charge in [0.05, 0.1) is 12.6 Å². The van der Waals surface area contributed by atoms with Crippen LogP contribution in [0, 0.1) is 0 Å². The standard InChI is InChI=1S/C19H20N4O2/c1-3-25-17-6-4-15(5-7-17)14(2)22-19(24)16-8-9-21-18(12-16)23-11-10-20-13-23/h4-14H,3H2,1-2H3,(H,22,24). The summed E-state index contributed by atoms with van der Waals surface area (Å²) in [5, 5.41) is 3.00. The molecule has 1 atom stereocenters. The molecular formula is C19H20N4O2. The predicted octanol–water partition coefficient (Wildman–Crippen LogP) is 3.16. The van der Waals surface area contributed by atoms with Crippen LogP contribution in [0.25, 0.3) is 5.82 Å². The van der Waals surface area contributed by atoms with Gasteiger partial charge in [-0.15, -0.1) is 0 Å². The molecule has 0 aliphatic heterocycles. The lowest BCUT2D eigenvalue weighted by Gasteiger charge is -2.15. The van der Waals surface area contributed by atoms with Crippen LogP contribution in [-0.2, 0) is 0 Å². The van der Waals surface area contributed by atoms with Gasteiger partial charge in [0.2, 0.25) is 0 Å². The van der Waals surface area contributed by atoms with Crippen LogP contribution >= 0.6 is 0 Å². The number of nitrogens with one attached hydrogen (secondary N) is 1. The summed E-state index contributed by atoms with van der Waals surface area (Å²) in [6, 6.07) is 11.0. The van der Waals surface area contributed by atoms with E-state index < -0.39 is 0 Å². The molecule has 0 fully saturated rings. The lowest BCUT2D eigenvalue weighted by molar-refractivity contribution is 0.0939. The number of hydrogen-bond acceptors (Lipinski definition) is 4. The van der Waals surface area contributed by atoms with E-state index in [1.54, 1.807) is 41.6 Å². The second-order valence-electron chi connectivity index (χ2n) is 5.57. The van der Waals surface area contributed by atoms with Crippen molar-refractivity contribution in [1.29, 1.82) is 0 Å². The molecule has 0 aliphatic rings. The second-order valence-corrected chi connectivity index (χ2v) is 5.57. The van der Waals surface area contributed by atoms with Gasteiger partial charge in [0.1, 0.15) is 17.9 Å². The van der Waals surface area contributed by atoms with Crippen LogP contribution in [0.5, 0.6) is 5.75 Å². The average molecular weight is 336 g/mol. The molecule has 1 aromatic carbocycles. The summed E-state index contributed by atoms with van der Waals surface area (Å²) in [6.45, 7) is 4.53. The smallest absolute Gasteiger partial charge is 0.251 e. The van der Waals surface area contributed by atoms with Gasteiger partial charge in [-0.05, 0) is 43.7 Å². The van der Waals surface area contributed by atoms with E-state index in [2.05, 4.69) is 15.3 Å². The lowest BCUT2D eigenvalue weighted by atomic mass is 10.1. The molecule has 0 saturated heterocycles. The largest absolute Gasteiger partial charge is 0.494 e. The third kappa shape index (κ3) is 4.03. The number of imidazole rings is 1. The summed E-state index contributed by atoms with van der Waals surface area (Å²) < 4.78 is 7.19. The first-order chi connectivity index (χ1) is 12.2. The summed E-state index contributed by atoms with van der Waals surface area (Å²) in [7, 11) is 0. The number of rotatable bonds is 6. The normalized spacial score (nSPS) is 11.8. The third-order valence-corrected chi connectivity index (χ3v) is 3.82. The minimum absolute atomic E-state index is 0.118. The molecule has 1 N–H and O–H groups in total. The summed E-state index contributed by atoms with van der Waals surface area (Å²) >= 11 is 0. The molecule has 1 unspecified atom stereocenters. The van der Waals surface area contributed by atoms with Gasteiger partial charge in [-0.1, -0.05) is 12.1 Å². The van der Waals surface area contributed by atoms with E-state index in [4.69, 9.17) is 4.74 Å². The number of aromatic nitrogens is 3. The molecule has 0 saturated carbocycles. The molecular weight excluding hydrogens is 316 g/mol. The number of hydrogen-bond donors (Lipinski definition) is 1. The fraction of sp³-hybridized carbons (Fsp3) is 0.211. The Hall–Kier alpha value is -3.15. The quantitative estimate of drug-likeness (QED) is 0.751. The number of nitrogens with zero attached hydrogens (tertiary/aromatic N) is 3. The zero-order chi connectivity index (χ0) is 17.6. The maximum atomic E-state index is 12.5. The van der Waals surface area contributed by atoms with Gasteiger partial charge in [0.25, 0.3) is 5.91 Å². The van der Waals surface area contributed by atoms with Crippen LogP contribution in [0.1, 0.15) is 35.8 Å². The molecule has 6 heteroatoms. The van der Waals surface area contributed by atoms with Crippen molar-refractivity contribution in [3.05, 3.63) is 72.4 Å². The van der Waals surface area contributed by atoms with Crippen LogP contribution in [0.2, 0.25) is 0 Å². The number of benzene rings is 1. The van der Waals surface area contributed by atoms with Crippen molar-refractivity contribution in [3.8, 4) is 11.6 Å². The Morgan fingerprint density at radius 1 is 1.24 bits per heavy atom. The molecule has 3 aromatic rings. The SMILES string of the molecule is CCOc1ccc(C(C)NC(=O)c2ccnc(-n3ccnc3)c2)cc1. The van der Waals surface area contributed by atoms with Crippen molar-refractivity contribution in [2.75, 3.05) is 6.61 Å². The molecule has 2 heterocycles. The molecule has 0 aliphatic carbocycles. The predicted molar refractivity (Wildman–Crippen MR) is 94.9 cm³/mol. The Labute approximate surface area is 146 Å². The maximum absolute atomic E-state index is 12.5. The fourth-order valence-corrected chi connectivity index (χ4v) is 2.48. The molecule has 25 heavy (non-hydrogen) atoms. The van der Waals surface area contributed by atoms with Crippen LogP contribution in [-0.4, -0.2) is 27.0 Å². The van der Waals surface area contributed by atoms with E-state index in [-0.39, 0.29) is 11.9 Å². The lowest BCUT2D eigenvalue weighted by Crippen LogP contribution is -2.26. The number of pyridine rings is 1. The Morgan fingerprint density at radius 3 is 2.72 bits per heavy atom. The summed E-state index contributed by atoms with van der Waals surface area (Å²) in [5.41, 5.74) is 1.57. The molecule has 3 rings (SSSR count). The minimum Gasteiger partial charge on any atom is -0.494 e. The molecule has 0 spiro atoms. The monoisotopic (exact) mass is 336 g/mol. The van der Waals surface area contributed by atoms with E-state index in [1.165, 1.54) is 0 Å². The Morgan fingerprint density at radius 2 is 2.04 bits per heavy atom. The number of carbonyl (C=O) groups is 1. The third-order valence-electron chi connectivity index (χ3n) is 3.82. The highest BCUT2D eigenvalue weighted by atomic mass is 16.5. The fourth-order valence-electron chi connectivity index (χ4n) is 2.48. The zero-order valence-electron chi connectivity index (χ0n) is 14.2. The first-order valence-electron chi connectivity index (χ1n) is 8.15. The summed E-state index contributed by atoms with van der Waals surface area (Å²) in [4.78, 5) is 20.8. The van der Waals surface area contributed by atoms with E-state index in [0.717, 1.165) is 11.3 Å². The molecule has 128 valence electrons. The highest BCUT2D eigenvalue weighted by Crippen LogP contribution is 2.18.